The van der Waals surface area contributed by atoms with Crippen molar-refractivity contribution in [3.05, 3.63) is 48.0 Å². The quantitative estimate of drug-likeness (QED) is 0.264. The van der Waals surface area contributed by atoms with E-state index in [1.807, 2.05) is 42.5 Å². The van der Waals surface area contributed by atoms with Gasteiger partial charge in [0.25, 0.3) is 0 Å². The lowest BCUT2D eigenvalue weighted by atomic mass is 9.94. The Bertz CT molecular complexity index is 994. The van der Waals surface area contributed by atoms with E-state index in [1.165, 1.54) is 4.90 Å². The van der Waals surface area contributed by atoms with Crippen LogP contribution in [0.5, 0.6) is 0 Å². The van der Waals surface area contributed by atoms with Gasteiger partial charge >= 0.3 is 11.9 Å². The first-order valence-electron chi connectivity index (χ1n) is 14.6. The number of unbranched alkanes of at least 4 members (excludes halogenated alkanes) is 2. The highest BCUT2D eigenvalue weighted by atomic mass is 16.5. The van der Waals surface area contributed by atoms with Gasteiger partial charge in [-0.05, 0) is 44.1 Å². The summed E-state index contributed by atoms with van der Waals surface area (Å²) in [6.45, 7) is 5.25. The number of likely N-dealkylation sites (tertiary alicyclic amines) is 2. The number of benzene rings is 1. The van der Waals surface area contributed by atoms with E-state index in [-0.39, 0.29) is 24.4 Å². The number of hydrogen-bond acceptors (Lipinski definition) is 5. The summed E-state index contributed by atoms with van der Waals surface area (Å²) in [5, 5.41) is 9.57. The second kappa shape index (κ2) is 15.4. The zero-order valence-electron chi connectivity index (χ0n) is 23.4. The van der Waals surface area contributed by atoms with Crippen LogP contribution in [0.2, 0.25) is 0 Å². The molecule has 2 aliphatic heterocycles. The monoisotopic (exact) mass is 540 g/mol. The van der Waals surface area contributed by atoms with Crippen molar-refractivity contribution in [3.63, 3.8) is 0 Å². The van der Waals surface area contributed by atoms with Gasteiger partial charge in [-0.3, -0.25) is 9.59 Å². The Hall–Kier alpha value is -3.16. The van der Waals surface area contributed by atoms with Crippen LogP contribution < -0.4 is 0 Å². The molecule has 0 saturated carbocycles. The fraction of sp³-hybridized carbons (Fsp3) is 0.613. The third-order valence-corrected chi connectivity index (χ3v) is 7.80. The molecular formula is C31H44N2O6. The molecule has 2 amide bonds. The zero-order valence-corrected chi connectivity index (χ0v) is 23.4. The molecule has 0 spiro atoms. The Morgan fingerprint density at radius 2 is 1.38 bits per heavy atom. The molecule has 8 nitrogen and oxygen atoms in total. The SMILES string of the molecule is CCCCC(/C=C/C(CCCC)C(=O)N1CCC[C@@H]1C(=O)OCc1ccccc1)C(=O)N1CCC[C@@H]1C(=O)O. The molecule has 2 fully saturated rings. The predicted molar refractivity (Wildman–Crippen MR) is 149 cm³/mol. The summed E-state index contributed by atoms with van der Waals surface area (Å²) >= 11 is 0. The Labute approximate surface area is 232 Å². The normalized spacial score (nSPS) is 20.8. The van der Waals surface area contributed by atoms with Crippen LogP contribution in [0.25, 0.3) is 0 Å². The summed E-state index contributed by atoms with van der Waals surface area (Å²) in [6, 6.07) is 8.10. The highest BCUT2D eigenvalue weighted by Crippen LogP contribution is 2.27. The Kier molecular flexibility index (Phi) is 12.0. The number of esters is 1. The van der Waals surface area contributed by atoms with Gasteiger partial charge in [0.2, 0.25) is 11.8 Å². The fourth-order valence-corrected chi connectivity index (χ4v) is 5.53. The maximum atomic E-state index is 13.7. The lowest BCUT2D eigenvalue weighted by Crippen LogP contribution is -2.44. The predicted octanol–water partition coefficient (Wildman–Crippen LogP) is 4.97. The van der Waals surface area contributed by atoms with Crippen molar-refractivity contribution in [2.24, 2.45) is 11.8 Å². The summed E-state index contributed by atoms with van der Waals surface area (Å²) < 4.78 is 5.56. The third-order valence-electron chi connectivity index (χ3n) is 7.80. The number of ether oxygens (including phenoxy) is 1. The summed E-state index contributed by atoms with van der Waals surface area (Å²) in [6.07, 6.45) is 10.9. The molecular weight excluding hydrogens is 496 g/mol. The minimum absolute atomic E-state index is 0.106. The van der Waals surface area contributed by atoms with Gasteiger partial charge in [-0.15, -0.1) is 0 Å². The van der Waals surface area contributed by atoms with Crippen molar-refractivity contribution in [3.8, 4) is 0 Å². The van der Waals surface area contributed by atoms with Crippen molar-refractivity contribution in [1.29, 1.82) is 0 Å². The van der Waals surface area contributed by atoms with Crippen LogP contribution in [0.3, 0.4) is 0 Å². The topological polar surface area (TPSA) is 104 Å². The molecule has 0 bridgehead atoms. The van der Waals surface area contributed by atoms with E-state index >= 15 is 0 Å². The van der Waals surface area contributed by atoms with E-state index in [9.17, 15) is 24.3 Å². The second-order valence-corrected chi connectivity index (χ2v) is 10.7. The van der Waals surface area contributed by atoms with Crippen LogP contribution in [0, 0.1) is 11.8 Å². The molecule has 1 aromatic rings. The fourth-order valence-electron chi connectivity index (χ4n) is 5.53. The number of hydrogen-bond donors (Lipinski definition) is 1. The van der Waals surface area contributed by atoms with Crippen LogP contribution >= 0.6 is 0 Å². The molecule has 2 saturated heterocycles. The third kappa shape index (κ3) is 8.41. The number of carboxylic acid groups (broad SMARTS) is 1. The van der Waals surface area contributed by atoms with Crippen LogP contribution in [-0.4, -0.2) is 63.8 Å². The molecule has 0 radical (unpaired) electrons. The molecule has 3 rings (SSSR count). The minimum Gasteiger partial charge on any atom is -0.480 e. The lowest BCUT2D eigenvalue weighted by Gasteiger charge is -2.28. The highest BCUT2D eigenvalue weighted by Gasteiger charge is 2.38. The average Bonchev–Trinajstić information content (AvgIpc) is 3.64. The molecule has 8 heteroatoms. The molecule has 2 unspecified atom stereocenters. The standard InChI is InChI=1S/C31H44N2O6/c1-3-5-14-24(28(34)32-20-10-16-26(32)30(36)37)18-19-25(15-6-4-2)29(35)33-21-11-17-27(33)31(38)39-22-23-12-8-7-9-13-23/h7-9,12-13,18-19,24-27H,3-6,10-11,14-17,20-22H2,1-2H3,(H,36,37)/b19-18+/t24?,25?,26-,27-/m1/s1. The Morgan fingerprint density at radius 1 is 0.872 bits per heavy atom. The molecule has 2 heterocycles. The van der Waals surface area contributed by atoms with E-state index < -0.39 is 29.9 Å². The largest absolute Gasteiger partial charge is 0.480 e. The van der Waals surface area contributed by atoms with E-state index in [4.69, 9.17) is 4.74 Å². The van der Waals surface area contributed by atoms with Gasteiger partial charge in [-0.1, -0.05) is 82.0 Å². The summed E-state index contributed by atoms with van der Waals surface area (Å²) in [4.78, 5) is 54.9. The molecule has 2 aliphatic rings. The first-order chi connectivity index (χ1) is 18.9. The van der Waals surface area contributed by atoms with Gasteiger partial charge in [0.15, 0.2) is 0 Å². The van der Waals surface area contributed by atoms with Gasteiger partial charge in [-0.2, -0.15) is 0 Å². The number of nitrogens with zero attached hydrogens (tertiary/aromatic N) is 2. The Balaban J connectivity index is 1.72. The van der Waals surface area contributed by atoms with Crippen LogP contribution in [0.1, 0.15) is 83.6 Å². The number of aliphatic carboxylic acids is 1. The lowest BCUT2D eigenvalue weighted by molar-refractivity contribution is -0.155. The van der Waals surface area contributed by atoms with Gasteiger partial charge in [-0.25, -0.2) is 9.59 Å². The van der Waals surface area contributed by atoms with Crippen LogP contribution in [0.4, 0.5) is 0 Å². The molecule has 1 aromatic carbocycles. The van der Waals surface area contributed by atoms with Gasteiger partial charge in [0, 0.05) is 13.1 Å². The van der Waals surface area contributed by atoms with Crippen molar-refractivity contribution in [1.82, 2.24) is 9.80 Å². The maximum absolute atomic E-state index is 13.7. The van der Waals surface area contributed by atoms with E-state index in [1.54, 1.807) is 4.90 Å². The average molecular weight is 541 g/mol. The van der Waals surface area contributed by atoms with E-state index in [2.05, 4.69) is 13.8 Å². The highest BCUT2D eigenvalue weighted by molar-refractivity contribution is 5.88. The van der Waals surface area contributed by atoms with Crippen molar-refractivity contribution in [2.75, 3.05) is 13.1 Å². The summed E-state index contributed by atoms with van der Waals surface area (Å²) in [5.74, 6) is -2.53. The van der Waals surface area contributed by atoms with Crippen molar-refractivity contribution >= 4 is 23.8 Å². The number of rotatable bonds is 14. The van der Waals surface area contributed by atoms with Gasteiger partial charge < -0.3 is 19.6 Å². The van der Waals surface area contributed by atoms with Crippen molar-refractivity contribution < 1.29 is 29.0 Å². The molecule has 1 N–H and O–H groups in total. The summed E-state index contributed by atoms with van der Waals surface area (Å²) in [7, 11) is 0. The number of amides is 2. The molecule has 4 atom stereocenters. The van der Waals surface area contributed by atoms with Crippen molar-refractivity contribution in [2.45, 2.75) is 96.7 Å². The number of carboxylic acids is 1. The minimum atomic E-state index is -0.964. The summed E-state index contributed by atoms with van der Waals surface area (Å²) in [5.41, 5.74) is 0.899. The smallest absolute Gasteiger partial charge is 0.329 e. The molecule has 0 aliphatic carbocycles. The van der Waals surface area contributed by atoms with E-state index in [0.717, 1.165) is 37.7 Å². The molecule has 0 aromatic heterocycles. The van der Waals surface area contributed by atoms with Crippen LogP contribution in [0.15, 0.2) is 42.5 Å². The maximum Gasteiger partial charge on any atom is 0.329 e. The first kappa shape index (κ1) is 30.4. The number of carbonyl (C=O) groups is 4. The molecule has 39 heavy (non-hydrogen) atoms. The van der Waals surface area contributed by atoms with Crippen LogP contribution in [-0.2, 0) is 30.5 Å². The van der Waals surface area contributed by atoms with Gasteiger partial charge in [0.1, 0.15) is 18.7 Å². The Morgan fingerprint density at radius 3 is 1.90 bits per heavy atom. The first-order valence-corrected chi connectivity index (χ1v) is 14.6. The molecule has 214 valence electrons. The van der Waals surface area contributed by atoms with Gasteiger partial charge in [0.05, 0.1) is 11.8 Å². The van der Waals surface area contributed by atoms with E-state index in [0.29, 0.717) is 45.2 Å². The second-order valence-electron chi connectivity index (χ2n) is 10.7. The zero-order chi connectivity index (χ0) is 28.2. The number of carbonyl (C=O) groups excluding carboxylic acids is 3.